The zero-order chi connectivity index (χ0) is 15.3. The van der Waals surface area contributed by atoms with Crippen LogP contribution in [0.1, 0.15) is 0 Å². The van der Waals surface area contributed by atoms with Gasteiger partial charge < -0.3 is 9.47 Å². The second-order valence-corrected chi connectivity index (χ2v) is 3.63. The molecule has 0 heterocycles. The molecule has 1 aromatic carbocycles. The number of benzene rings is 1. The molecule has 0 spiro atoms. The normalized spacial score (nSPS) is 12.3. The number of nitro benzene ring substituents is 1. The molecule has 1 aromatic rings. The van der Waals surface area contributed by atoms with Crippen molar-refractivity contribution >= 4 is 5.69 Å². The SMILES string of the molecule is COc1ccc([N+](=O)[O-])cc1OCC(C#N)C(F)(F)F. The highest BCUT2D eigenvalue weighted by Gasteiger charge is 2.40. The van der Waals surface area contributed by atoms with Crippen molar-refractivity contribution in [1.82, 2.24) is 0 Å². The summed E-state index contributed by atoms with van der Waals surface area (Å²) in [5.41, 5.74) is -0.360. The summed E-state index contributed by atoms with van der Waals surface area (Å²) >= 11 is 0. The van der Waals surface area contributed by atoms with Gasteiger partial charge in [-0.25, -0.2) is 0 Å². The molecule has 108 valence electrons. The molecule has 0 bridgehead atoms. The van der Waals surface area contributed by atoms with Gasteiger partial charge >= 0.3 is 6.18 Å². The minimum atomic E-state index is -4.73. The average molecular weight is 290 g/mol. The maximum absolute atomic E-state index is 12.4. The molecule has 0 aromatic heterocycles. The van der Waals surface area contributed by atoms with E-state index < -0.39 is 23.6 Å². The van der Waals surface area contributed by atoms with Crippen molar-refractivity contribution in [2.24, 2.45) is 5.92 Å². The molecule has 0 N–H and O–H groups in total. The van der Waals surface area contributed by atoms with Crippen molar-refractivity contribution in [3.8, 4) is 17.6 Å². The summed E-state index contributed by atoms with van der Waals surface area (Å²) in [6.07, 6.45) is -4.73. The minimum Gasteiger partial charge on any atom is -0.493 e. The minimum absolute atomic E-state index is 0.0365. The Morgan fingerprint density at radius 1 is 1.45 bits per heavy atom. The van der Waals surface area contributed by atoms with E-state index in [4.69, 9.17) is 14.7 Å². The van der Waals surface area contributed by atoms with Crippen molar-refractivity contribution in [3.63, 3.8) is 0 Å². The zero-order valence-corrected chi connectivity index (χ0v) is 10.2. The lowest BCUT2D eigenvalue weighted by atomic mass is 10.2. The van der Waals surface area contributed by atoms with E-state index in [1.807, 2.05) is 0 Å². The Hall–Kier alpha value is -2.50. The van der Waals surface area contributed by atoms with E-state index in [2.05, 4.69) is 0 Å². The summed E-state index contributed by atoms with van der Waals surface area (Å²) in [4.78, 5) is 9.86. The first-order valence-corrected chi connectivity index (χ1v) is 5.21. The van der Waals surface area contributed by atoms with Crippen LogP contribution in [0.15, 0.2) is 18.2 Å². The molecule has 0 aliphatic carbocycles. The number of ether oxygens (including phenoxy) is 2. The predicted octanol–water partition coefficient (Wildman–Crippen LogP) is 2.68. The first-order chi connectivity index (χ1) is 9.29. The largest absolute Gasteiger partial charge is 0.493 e. The van der Waals surface area contributed by atoms with E-state index in [-0.39, 0.29) is 17.2 Å². The molecular weight excluding hydrogens is 281 g/mol. The fourth-order valence-electron chi connectivity index (χ4n) is 1.27. The van der Waals surface area contributed by atoms with Gasteiger partial charge in [0.15, 0.2) is 17.4 Å². The van der Waals surface area contributed by atoms with Crippen LogP contribution in [-0.2, 0) is 0 Å². The Morgan fingerprint density at radius 2 is 2.10 bits per heavy atom. The molecule has 1 rings (SSSR count). The van der Waals surface area contributed by atoms with Crippen LogP contribution in [0.2, 0.25) is 0 Å². The van der Waals surface area contributed by atoms with Gasteiger partial charge in [-0.2, -0.15) is 18.4 Å². The fraction of sp³-hybridized carbons (Fsp3) is 0.364. The first kappa shape index (κ1) is 15.6. The number of non-ortho nitro benzene ring substituents is 1. The lowest BCUT2D eigenvalue weighted by Gasteiger charge is -2.15. The smallest absolute Gasteiger partial charge is 0.407 e. The molecule has 9 heteroatoms. The molecule has 6 nitrogen and oxygen atoms in total. The van der Waals surface area contributed by atoms with Gasteiger partial charge in [0.2, 0.25) is 0 Å². The quantitative estimate of drug-likeness (QED) is 0.614. The van der Waals surface area contributed by atoms with Crippen LogP contribution >= 0.6 is 0 Å². The van der Waals surface area contributed by atoms with Gasteiger partial charge in [0.25, 0.3) is 5.69 Å². The lowest BCUT2D eigenvalue weighted by molar-refractivity contribution is -0.385. The zero-order valence-electron chi connectivity index (χ0n) is 10.2. The topological polar surface area (TPSA) is 85.4 Å². The number of rotatable bonds is 5. The summed E-state index contributed by atoms with van der Waals surface area (Å²) < 4.78 is 46.8. The van der Waals surface area contributed by atoms with Crippen LogP contribution in [0.25, 0.3) is 0 Å². The van der Waals surface area contributed by atoms with Gasteiger partial charge in [-0.1, -0.05) is 0 Å². The monoisotopic (exact) mass is 290 g/mol. The molecule has 0 radical (unpaired) electrons. The van der Waals surface area contributed by atoms with Gasteiger partial charge in [-0.15, -0.1) is 0 Å². The molecule has 0 saturated heterocycles. The van der Waals surface area contributed by atoms with E-state index in [0.29, 0.717) is 0 Å². The van der Waals surface area contributed by atoms with Crippen molar-refractivity contribution in [2.75, 3.05) is 13.7 Å². The third kappa shape index (κ3) is 3.74. The number of nitrogens with zero attached hydrogens (tertiary/aromatic N) is 2. The molecule has 0 aliphatic rings. The van der Waals surface area contributed by atoms with E-state index in [1.54, 1.807) is 0 Å². The molecule has 0 fully saturated rings. The molecule has 0 aliphatic heterocycles. The summed E-state index contributed by atoms with van der Waals surface area (Å²) in [6, 6.07) is 4.32. The summed E-state index contributed by atoms with van der Waals surface area (Å²) in [5.74, 6) is -2.52. The Balaban J connectivity index is 2.94. The Morgan fingerprint density at radius 3 is 2.55 bits per heavy atom. The average Bonchev–Trinajstić information content (AvgIpc) is 2.37. The Bertz CT molecular complexity index is 539. The number of hydrogen-bond donors (Lipinski definition) is 0. The van der Waals surface area contributed by atoms with Crippen molar-refractivity contribution in [3.05, 3.63) is 28.3 Å². The second-order valence-electron chi connectivity index (χ2n) is 3.63. The van der Waals surface area contributed by atoms with Gasteiger partial charge in [-0.3, -0.25) is 10.1 Å². The predicted molar refractivity (Wildman–Crippen MR) is 60.3 cm³/mol. The van der Waals surface area contributed by atoms with Gasteiger partial charge in [0, 0.05) is 6.07 Å². The molecular formula is C11H9F3N2O4. The third-order valence-corrected chi connectivity index (χ3v) is 2.31. The lowest BCUT2D eigenvalue weighted by Crippen LogP contribution is -2.27. The molecule has 1 atom stereocenters. The van der Waals surface area contributed by atoms with Crippen molar-refractivity contribution in [1.29, 1.82) is 5.26 Å². The second kappa shape index (κ2) is 6.10. The molecule has 1 unspecified atom stereocenters. The van der Waals surface area contributed by atoms with Crippen molar-refractivity contribution < 1.29 is 27.6 Å². The molecule has 20 heavy (non-hydrogen) atoms. The fourth-order valence-corrected chi connectivity index (χ4v) is 1.27. The van der Waals surface area contributed by atoms with Gasteiger partial charge in [-0.05, 0) is 6.07 Å². The van der Waals surface area contributed by atoms with E-state index in [1.165, 1.54) is 13.2 Å². The highest BCUT2D eigenvalue weighted by molar-refractivity contribution is 5.48. The first-order valence-electron chi connectivity index (χ1n) is 5.21. The highest BCUT2D eigenvalue weighted by atomic mass is 19.4. The summed E-state index contributed by atoms with van der Waals surface area (Å²) in [5, 5.41) is 19.0. The van der Waals surface area contributed by atoms with Crippen LogP contribution in [-0.4, -0.2) is 24.8 Å². The van der Waals surface area contributed by atoms with E-state index in [9.17, 15) is 23.3 Å². The van der Waals surface area contributed by atoms with E-state index in [0.717, 1.165) is 18.2 Å². The summed E-state index contributed by atoms with van der Waals surface area (Å²) in [7, 11) is 1.24. The van der Waals surface area contributed by atoms with Crippen LogP contribution in [0.3, 0.4) is 0 Å². The maximum Gasteiger partial charge on any atom is 0.407 e. The van der Waals surface area contributed by atoms with E-state index >= 15 is 0 Å². The van der Waals surface area contributed by atoms with Crippen LogP contribution in [0.5, 0.6) is 11.5 Å². The Kier molecular flexibility index (Phi) is 4.74. The number of methoxy groups -OCH3 is 1. The summed E-state index contributed by atoms with van der Waals surface area (Å²) in [6.45, 7) is -0.975. The van der Waals surface area contributed by atoms with Crippen molar-refractivity contribution in [2.45, 2.75) is 6.18 Å². The van der Waals surface area contributed by atoms with Gasteiger partial charge in [0.1, 0.15) is 6.61 Å². The number of hydrogen-bond acceptors (Lipinski definition) is 5. The van der Waals surface area contributed by atoms with Crippen LogP contribution < -0.4 is 9.47 Å². The number of alkyl halides is 3. The number of halogens is 3. The maximum atomic E-state index is 12.4. The molecule has 0 saturated carbocycles. The third-order valence-electron chi connectivity index (χ3n) is 2.31. The molecule has 0 amide bonds. The highest BCUT2D eigenvalue weighted by Crippen LogP contribution is 2.33. The van der Waals surface area contributed by atoms with Gasteiger partial charge in [0.05, 0.1) is 24.2 Å². The standard InChI is InChI=1S/C11H9F3N2O4/c1-19-9-3-2-8(16(17)18)4-10(9)20-6-7(5-15)11(12,13)14/h2-4,7H,6H2,1H3. The van der Waals surface area contributed by atoms with Crippen LogP contribution in [0.4, 0.5) is 18.9 Å². The number of nitro groups is 1. The van der Waals surface area contributed by atoms with Crippen LogP contribution in [0, 0.1) is 27.4 Å². The number of nitriles is 1. The Labute approximate surface area is 111 Å².